The lowest BCUT2D eigenvalue weighted by molar-refractivity contribution is -0.128. The van der Waals surface area contributed by atoms with Crippen LogP contribution in [0.25, 0.3) is 0 Å². The fourth-order valence-corrected chi connectivity index (χ4v) is 3.14. The van der Waals surface area contributed by atoms with Crippen LogP contribution < -0.4 is 0 Å². The number of aromatic nitrogens is 1. The molecule has 0 spiro atoms. The molecule has 1 unspecified atom stereocenters. The highest BCUT2D eigenvalue weighted by Crippen LogP contribution is 2.30. The number of benzene rings is 1. The number of amides is 1. The average molecular weight is 410 g/mol. The summed E-state index contributed by atoms with van der Waals surface area (Å²) in [5.74, 6) is -0.0182. The molecule has 5 heteroatoms. The van der Waals surface area contributed by atoms with Crippen molar-refractivity contribution in [1.29, 1.82) is 0 Å². The molecule has 0 aliphatic carbocycles. The van der Waals surface area contributed by atoms with Crippen molar-refractivity contribution < 1.29 is 9.18 Å². The van der Waals surface area contributed by atoms with Crippen LogP contribution in [0.3, 0.4) is 0 Å². The monoisotopic (exact) mass is 410 g/mol. The SMILES string of the molecule is Cc1cnccc1CN1CC(c2ccc(I)c(F)c2)CC1=O. The molecule has 114 valence electrons. The van der Waals surface area contributed by atoms with E-state index in [1.807, 2.05) is 52.7 Å². The van der Waals surface area contributed by atoms with Crippen LogP contribution in [0.1, 0.15) is 29.0 Å². The van der Waals surface area contributed by atoms with E-state index in [-0.39, 0.29) is 17.6 Å². The molecule has 1 aromatic heterocycles. The molecule has 0 bridgehead atoms. The molecule has 1 aliphatic heterocycles. The Kier molecular flexibility index (Phi) is 4.42. The van der Waals surface area contributed by atoms with Gasteiger partial charge >= 0.3 is 0 Å². The van der Waals surface area contributed by atoms with Crippen LogP contribution in [0.5, 0.6) is 0 Å². The Morgan fingerprint density at radius 1 is 1.41 bits per heavy atom. The zero-order valence-electron chi connectivity index (χ0n) is 12.2. The molecule has 1 aliphatic rings. The largest absolute Gasteiger partial charge is 0.338 e. The molecule has 3 nitrogen and oxygen atoms in total. The van der Waals surface area contributed by atoms with Gasteiger partial charge in [0.05, 0.1) is 0 Å². The van der Waals surface area contributed by atoms with E-state index in [0.29, 0.717) is 23.1 Å². The number of hydrogen-bond acceptors (Lipinski definition) is 2. The summed E-state index contributed by atoms with van der Waals surface area (Å²) in [5, 5.41) is 0. The third-order valence-corrected chi connectivity index (χ3v) is 5.00. The topological polar surface area (TPSA) is 33.2 Å². The van der Waals surface area contributed by atoms with Crippen molar-refractivity contribution in [3.05, 3.63) is 62.7 Å². The number of carbonyl (C=O) groups is 1. The van der Waals surface area contributed by atoms with E-state index in [9.17, 15) is 9.18 Å². The van der Waals surface area contributed by atoms with E-state index in [2.05, 4.69) is 4.98 Å². The van der Waals surface area contributed by atoms with Gasteiger partial charge in [-0.1, -0.05) is 6.07 Å². The molecule has 0 saturated carbocycles. The first-order chi connectivity index (χ1) is 10.5. The zero-order chi connectivity index (χ0) is 15.7. The van der Waals surface area contributed by atoms with E-state index < -0.39 is 0 Å². The van der Waals surface area contributed by atoms with Crippen molar-refractivity contribution >= 4 is 28.5 Å². The van der Waals surface area contributed by atoms with Crippen LogP contribution >= 0.6 is 22.6 Å². The molecule has 22 heavy (non-hydrogen) atoms. The quantitative estimate of drug-likeness (QED) is 0.724. The molecular formula is C17H16FIN2O. The van der Waals surface area contributed by atoms with Gasteiger partial charge in [-0.25, -0.2) is 4.39 Å². The Labute approximate surface area is 142 Å². The summed E-state index contributed by atoms with van der Waals surface area (Å²) in [4.78, 5) is 18.2. The van der Waals surface area contributed by atoms with Crippen molar-refractivity contribution in [3.63, 3.8) is 0 Å². The average Bonchev–Trinajstić information content (AvgIpc) is 2.85. The van der Waals surface area contributed by atoms with Gasteiger partial charge in [-0.05, 0) is 64.4 Å². The number of rotatable bonds is 3. The maximum atomic E-state index is 13.7. The number of hydrogen-bond donors (Lipinski definition) is 0. The molecule has 2 aromatic rings. The summed E-state index contributed by atoms with van der Waals surface area (Å²) in [7, 11) is 0. The molecule has 3 rings (SSSR count). The summed E-state index contributed by atoms with van der Waals surface area (Å²) < 4.78 is 14.3. The van der Waals surface area contributed by atoms with Gasteiger partial charge < -0.3 is 4.90 Å². The first-order valence-electron chi connectivity index (χ1n) is 7.17. The number of likely N-dealkylation sites (tertiary alicyclic amines) is 1. The Morgan fingerprint density at radius 2 is 2.23 bits per heavy atom. The second-order valence-electron chi connectivity index (χ2n) is 5.65. The van der Waals surface area contributed by atoms with Crippen LogP contribution in [0.2, 0.25) is 0 Å². The fraction of sp³-hybridized carbons (Fsp3) is 0.294. The summed E-state index contributed by atoms with van der Waals surface area (Å²) in [6, 6.07) is 7.19. The number of nitrogens with zero attached hydrogens (tertiary/aromatic N) is 2. The van der Waals surface area contributed by atoms with E-state index in [1.54, 1.807) is 18.3 Å². The second-order valence-corrected chi connectivity index (χ2v) is 6.81. The lowest BCUT2D eigenvalue weighted by atomic mass is 9.98. The summed E-state index contributed by atoms with van der Waals surface area (Å²) in [6.45, 7) is 3.23. The predicted molar refractivity (Wildman–Crippen MR) is 90.9 cm³/mol. The minimum absolute atomic E-state index is 0.0705. The third-order valence-electron chi connectivity index (χ3n) is 4.13. The Morgan fingerprint density at radius 3 is 2.95 bits per heavy atom. The van der Waals surface area contributed by atoms with Crippen molar-refractivity contribution in [1.82, 2.24) is 9.88 Å². The normalized spacial score (nSPS) is 18.0. The molecule has 2 heterocycles. The highest BCUT2D eigenvalue weighted by molar-refractivity contribution is 14.1. The van der Waals surface area contributed by atoms with Gasteiger partial charge in [0.1, 0.15) is 5.82 Å². The van der Waals surface area contributed by atoms with E-state index >= 15 is 0 Å². The van der Waals surface area contributed by atoms with Gasteiger partial charge in [0.15, 0.2) is 0 Å². The third kappa shape index (κ3) is 3.14. The number of pyridine rings is 1. The lowest BCUT2D eigenvalue weighted by Gasteiger charge is -2.18. The molecule has 1 atom stereocenters. The number of carbonyl (C=O) groups excluding carboxylic acids is 1. The Hall–Kier alpha value is -1.50. The standard InChI is InChI=1S/C17H16FIN2O/c1-11-8-20-5-4-13(11)9-21-10-14(7-17(21)22)12-2-3-16(19)15(18)6-12/h2-6,8,14H,7,9-10H2,1H3. The van der Waals surface area contributed by atoms with Crippen molar-refractivity contribution in [3.8, 4) is 0 Å². The van der Waals surface area contributed by atoms with Gasteiger partial charge in [-0.2, -0.15) is 0 Å². The molecule has 0 radical (unpaired) electrons. The zero-order valence-corrected chi connectivity index (χ0v) is 14.4. The van der Waals surface area contributed by atoms with E-state index in [1.165, 1.54) is 0 Å². The number of halogens is 2. The van der Waals surface area contributed by atoms with Gasteiger partial charge in [-0.15, -0.1) is 0 Å². The second kappa shape index (κ2) is 6.32. The molecule has 1 fully saturated rings. The minimum Gasteiger partial charge on any atom is -0.338 e. The first kappa shape index (κ1) is 15.4. The highest BCUT2D eigenvalue weighted by Gasteiger charge is 2.31. The maximum absolute atomic E-state index is 13.7. The van der Waals surface area contributed by atoms with Crippen LogP contribution in [0.4, 0.5) is 4.39 Å². The molecule has 1 amide bonds. The van der Waals surface area contributed by atoms with Gasteiger partial charge in [0, 0.05) is 41.4 Å². The number of aryl methyl sites for hydroxylation is 1. The predicted octanol–water partition coefficient (Wildman–Crippen LogP) is 3.65. The van der Waals surface area contributed by atoms with Gasteiger partial charge in [0.25, 0.3) is 0 Å². The fourth-order valence-electron chi connectivity index (χ4n) is 2.80. The molecular weight excluding hydrogens is 394 g/mol. The smallest absolute Gasteiger partial charge is 0.223 e. The summed E-state index contributed by atoms with van der Waals surface area (Å²) in [6.07, 6.45) is 4.00. The van der Waals surface area contributed by atoms with Gasteiger partial charge in [-0.3, -0.25) is 9.78 Å². The molecule has 0 N–H and O–H groups in total. The Bertz CT molecular complexity index is 720. The Balaban J connectivity index is 1.75. The highest BCUT2D eigenvalue weighted by atomic mass is 127. The molecule has 1 saturated heterocycles. The minimum atomic E-state index is -0.214. The summed E-state index contributed by atoms with van der Waals surface area (Å²) >= 11 is 1.97. The van der Waals surface area contributed by atoms with Crippen molar-refractivity contribution in [2.45, 2.75) is 25.8 Å². The van der Waals surface area contributed by atoms with Crippen LogP contribution in [-0.2, 0) is 11.3 Å². The van der Waals surface area contributed by atoms with Gasteiger partial charge in [0.2, 0.25) is 5.91 Å². The first-order valence-corrected chi connectivity index (χ1v) is 8.24. The van der Waals surface area contributed by atoms with E-state index in [0.717, 1.165) is 16.7 Å². The van der Waals surface area contributed by atoms with Crippen LogP contribution in [-0.4, -0.2) is 22.3 Å². The lowest BCUT2D eigenvalue weighted by Crippen LogP contribution is -2.24. The van der Waals surface area contributed by atoms with Crippen LogP contribution in [0, 0.1) is 16.3 Å². The van der Waals surface area contributed by atoms with Crippen molar-refractivity contribution in [2.75, 3.05) is 6.54 Å². The van der Waals surface area contributed by atoms with Crippen molar-refractivity contribution in [2.24, 2.45) is 0 Å². The van der Waals surface area contributed by atoms with E-state index in [4.69, 9.17) is 0 Å². The summed E-state index contributed by atoms with van der Waals surface area (Å²) in [5.41, 5.74) is 3.09. The maximum Gasteiger partial charge on any atom is 0.223 e. The molecule has 1 aromatic carbocycles. The van der Waals surface area contributed by atoms with Crippen LogP contribution in [0.15, 0.2) is 36.7 Å².